The summed E-state index contributed by atoms with van der Waals surface area (Å²) in [6.45, 7) is 8.39. The van der Waals surface area contributed by atoms with Crippen LogP contribution in [-0.2, 0) is 17.6 Å². The molecule has 1 fully saturated rings. The molecule has 0 saturated carbocycles. The monoisotopic (exact) mass is 424 g/mol. The average Bonchev–Trinajstić information content (AvgIpc) is 3.28. The summed E-state index contributed by atoms with van der Waals surface area (Å²) in [5.74, 6) is 0. The molecule has 5 heteroatoms. The average molecular weight is 425 g/mol. The van der Waals surface area contributed by atoms with E-state index in [-0.39, 0.29) is 0 Å². The van der Waals surface area contributed by atoms with Crippen LogP contribution in [0, 0.1) is 0 Å². The maximum atomic E-state index is 5.49. The molecule has 0 bridgehead atoms. The number of morpholine rings is 1. The summed E-state index contributed by atoms with van der Waals surface area (Å²) < 4.78 is 5.49. The van der Waals surface area contributed by atoms with Gasteiger partial charge in [0, 0.05) is 54.6 Å². The van der Waals surface area contributed by atoms with Gasteiger partial charge < -0.3 is 15.0 Å². The number of ether oxygens (including phenoxy) is 1. The molecule has 0 atom stereocenters. The lowest BCUT2D eigenvalue weighted by Gasteiger charge is -2.29. The summed E-state index contributed by atoms with van der Waals surface area (Å²) in [5, 5.41) is 3.42. The molecule has 5 nitrogen and oxygen atoms in total. The first-order valence-corrected chi connectivity index (χ1v) is 11.2. The van der Waals surface area contributed by atoms with Gasteiger partial charge in [-0.1, -0.05) is 43.0 Å². The lowest BCUT2D eigenvalue weighted by molar-refractivity contribution is 0.122. The van der Waals surface area contributed by atoms with Crippen molar-refractivity contribution in [1.29, 1.82) is 0 Å². The van der Waals surface area contributed by atoms with Crippen molar-refractivity contribution in [2.24, 2.45) is 0 Å². The Bertz CT molecular complexity index is 1120. The highest BCUT2D eigenvalue weighted by molar-refractivity contribution is 5.84. The first kappa shape index (κ1) is 20.5. The van der Waals surface area contributed by atoms with Gasteiger partial charge in [-0.05, 0) is 30.2 Å². The SMILES string of the molecule is C=C(NCCc1ccccc1)c1ccc(C2=CCc3ncc(N4CCOCC4)cc32)nc1. The molecule has 2 aromatic heterocycles. The highest BCUT2D eigenvalue weighted by Gasteiger charge is 2.21. The quantitative estimate of drug-likeness (QED) is 0.619. The molecule has 1 saturated heterocycles. The van der Waals surface area contributed by atoms with Gasteiger partial charge in [-0.2, -0.15) is 0 Å². The van der Waals surface area contributed by atoms with Gasteiger partial charge in [-0.25, -0.2) is 0 Å². The summed E-state index contributed by atoms with van der Waals surface area (Å²) in [5.41, 5.74) is 8.84. The van der Waals surface area contributed by atoms with Crippen LogP contribution in [0.5, 0.6) is 0 Å². The number of anilines is 1. The summed E-state index contributed by atoms with van der Waals surface area (Å²) in [4.78, 5) is 11.8. The van der Waals surface area contributed by atoms with Crippen molar-refractivity contribution in [2.75, 3.05) is 37.7 Å². The Kier molecular flexibility index (Phi) is 5.99. The number of fused-ring (bicyclic) bond motifs is 1. The van der Waals surface area contributed by atoms with E-state index in [1.165, 1.54) is 11.1 Å². The largest absolute Gasteiger partial charge is 0.385 e. The van der Waals surface area contributed by atoms with Crippen molar-refractivity contribution < 1.29 is 4.74 Å². The molecule has 1 aliphatic heterocycles. The number of nitrogens with one attached hydrogen (secondary N) is 1. The fraction of sp³-hybridized carbons (Fsp3) is 0.259. The Hall–Kier alpha value is -3.44. The third-order valence-corrected chi connectivity index (χ3v) is 6.10. The van der Waals surface area contributed by atoms with Gasteiger partial charge in [0.15, 0.2) is 0 Å². The second kappa shape index (κ2) is 9.37. The van der Waals surface area contributed by atoms with Gasteiger partial charge in [0.2, 0.25) is 0 Å². The maximum absolute atomic E-state index is 5.49. The van der Waals surface area contributed by atoms with E-state index in [1.807, 2.05) is 18.5 Å². The Morgan fingerprint density at radius 3 is 2.66 bits per heavy atom. The van der Waals surface area contributed by atoms with Crippen LogP contribution >= 0.6 is 0 Å². The van der Waals surface area contributed by atoms with E-state index in [0.29, 0.717) is 0 Å². The zero-order valence-corrected chi connectivity index (χ0v) is 18.3. The van der Waals surface area contributed by atoms with Crippen LogP contribution in [0.15, 0.2) is 73.6 Å². The lowest BCUT2D eigenvalue weighted by Crippen LogP contribution is -2.36. The molecule has 32 heavy (non-hydrogen) atoms. The van der Waals surface area contributed by atoms with Crippen molar-refractivity contribution in [2.45, 2.75) is 12.8 Å². The third kappa shape index (κ3) is 4.43. The van der Waals surface area contributed by atoms with Crippen LogP contribution in [0.25, 0.3) is 11.3 Å². The highest BCUT2D eigenvalue weighted by atomic mass is 16.5. The summed E-state index contributed by atoms with van der Waals surface area (Å²) in [6, 6.07) is 16.9. The molecule has 1 aliphatic carbocycles. The van der Waals surface area contributed by atoms with Gasteiger partial charge >= 0.3 is 0 Å². The van der Waals surface area contributed by atoms with Crippen LogP contribution in [0.1, 0.15) is 28.1 Å². The van der Waals surface area contributed by atoms with E-state index in [4.69, 9.17) is 14.7 Å². The van der Waals surface area contributed by atoms with E-state index < -0.39 is 0 Å². The molecule has 0 amide bonds. The van der Waals surface area contributed by atoms with Crippen molar-refractivity contribution in [3.05, 3.63) is 102 Å². The maximum Gasteiger partial charge on any atom is 0.0706 e. The van der Waals surface area contributed by atoms with Crippen LogP contribution in [0.4, 0.5) is 5.69 Å². The van der Waals surface area contributed by atoms with Crippen molar-refractivity contribution in [3.63, 3.8) is 0 Å². The molecule has 162 valence electrons. The van der Waals surface area contributed by atoms with Gasteiger partial charge in [0.25, 0.3) is 0 Å². The zero-order chi connectivity index (χ0) is 21.8. The predicted octanol–water partition coefficient (Wildman–Crippen LogP) is 4.10. The normalized spacial score (nSPS) is 15.2. The zero-order valence-electron chi connectivity index (χ0n) is 18.3. The van der Waals surface area contributed by atoms with E-state index in [2.05, 4.69) is 65.3 Å². The summed E-state index contributed by atoms with van der Waals surface area (Å²) in [7, 11) is 0. The fourth-order valence-corrected chi connectivity index (χ4v) is 4.26. The predicted molar refractivity (Wildman–Crippen MR) is 129 cm³/mol. The Balaban J connectivity index is 1.25. The van der Waals surface area contributed by atoms with Crippen LogP contribution in [-0.4, -0.2) is 42.8 Å². The molecule has 0 spiro atoms. The Labute approximate surface area is 189 Å². The number of pyridine rings is 2. The number of benzene rings is 1. The minimum Gasteiger partial charge on any atom is -0.385 e. The molecule has 3 aromatic rings. The number of hydrogen-bond acceptors (Lipinski definition) is 5. The number of allylic oxidation sites excluding steroid dienone is 1. The van der Waals surface area contributed by atoms with Crippen LogP contribution < -0.4 is 10.2 Å². The number of hydrogen-bond donors (Lipinski definition) is 1. The van der Waals surface area contributed by atoms with E-state index >= 15 is 0 Å². The fourth-order valence-electron chi connectivity index (χ4n) is 4.26. The molecule has 0 unspecified atom stereocenters. The molecule has 1 N–H and O–H groups in total. The van der Waals surface area contributed by atoms with Gasteiger partial charge in [-0.3, -0.25) is 9.97 Å². The number of nitrogens with zero attached hydrogens (tertiary/aromatic N) is 3. The lowest BCUT2D eigenvalue weighted by atomic mass is 10.0. The first-order valence-electron chi connectivity index (χ1n) is 11.2. The minimum absolute atomic E-state index is 0.770. The molecule has 2 aliphatic rings. The molecular weight excluding hydrogens is 396 g/mol. The number of aromatic nitrogens is 2. The summed E-state index contributed by atoms with van der Waals surface area (Å²) in [6.07, 6.45) is 7.95. The Morgan fingerprint density at radius 1 is 1.03 bits per heavy atom. The molecular formula is C27H28N4O. The first-order chi connectivity index (χ1) is 15.8. The highest BCUT2D eigenvalue weighted by Crippen LogP contribution is 2.33. The van der Waals surface area contributed by atoms with Gasteiger partial charge in [0.1, 0.15) is 0 Å². The van der Waals surface area contributed by atoms with Crippen molar-refractivity contribution in [3.8, 4) is 0 Å². The topological polar surface area (TPSA) is 50.3 Å². The standard InChI is InChI=1S/C27H28N4O/c1-20(28-12-11-21-5-3-2-4-6-21)22-7-9-26(29-18-22)24-8-10-27-25(24)17-23(19-30-27)31-13-15-32-16-14-31/h2-9,17-19,28H,1,10-16H2. The van der Waals surface area contributed by atoms with Gasteiger partial charge in [0.05, 0.1) is 36.5 Å². The van der Waals surface area contributed by atoms with E-state index in [1.54, 1.807) is 0 Å². The van der Waals surface area contributed by atoms with Crippen molar-refractivity contribution >= 4 is 17.0 Å². The number of rotatable bonds is 7. The molecule has 5 rings (SSSR count). The smallest absolute Gasteiger partial charge is 0.0706 e. The second-order valence-electron chi connectivity index (χ2n) is 8.18. The van der Waals surface area contributed by atoms with E-state index in [0.717, 1.165) is 79.6 Å². The molecule has 0 radical (unpaired) electrons. The van der Waals surface area contributed by atoms with Crippen LogP contribution in [0.2, 0.25) is 0 Å². The van der Waals surface area contributed by atoms with Crippen LogP contribution in [0.3, 0.4) is 0 Å². The Morgan fingerprint density at radius 2 is 1.88 bits per heavy atom. The summed E-state index contributed by atoms with van der Waals surface area (Å²) >= 11 is 0. The van der Waals surface area contributed by atoms with E-state index in [9.17, 15) is 0 Å². The van der Waals surface area contributed by atoms with Gasteiger partial charge in [-0.15, -0.1) is 0 Å². The minimum atomic E-state index is 0.770. The third-order valence-electron chi connectivity index (χ3n) is 6.10. The molecule has 3 heterocycles. The molecule has 1 aromatic carbocycles. The second-order valence-corrected chi connectivity index (χ2v) is 8.18. The van der Waals surface area contributed by atoms with Crippen molar-refractivity contribution in [1.82, 2.24) is 15.3 Å².